The second kappa shape index (κ2) is 7.01. The van der Waals surface area contributed by atoms with E-state index in [0.29, 0.717) is 11.8 Å². The molecule has 0 bridgehead atoms. The highest BCUT2D eigenvalue weighted by Gasteiger charge is 2.16. The van der Waals surface area contributed by atoms with E-state index < -0.39 is 0 Å². The Morgan fingerprint density at radius 1 is 0.750 bits per heavy atom. The number of hydrogen-bond acceptors (Lipinski definition) is 2. The quantitative estimate of drug-likeness (QED) is 0.354. The van der Waals surface area contributed by atoms with Crippen LogP contribution in [-0.2, 0) is 0 Å². The molecule has 4 rings (SSSR count). The van der Waals surface area contributed by atoms with E-state index in [0.717, 1.165) is 22.2 Å². The highest BCUT2D eigenvalue weighted by Crippen LogP contribution is 2.36. The lowest BCUT2D eigenvalue weighted by atomic mass is 9.88. The van der Waals surface area contributed by atoms with E-state index >= 15 is 0 Å². The van der Waals surface area contributed by atoms with Crippen molar-refractivity contribution in [2.24, 2.45) is 0 Å². The maximum absolute atomic E-state index is 4.75. The van der Waals surface area contributed by atoms with Gasteiger partial charge >= 0.3 is 0 Å². The van der Waals surface area contributed by atoms with Crippen LogP contribution in [0.5, 0.6) is 0 Å². The fourth-order valence-electron chi connectivity index (χ4n) is 4.17. The van der Waals surface area contributed by atoms with Gasteiger partial charge in [0.15, 0.2) is 0 Å². The highest BCUT2D eigenvalue weighted by molar-refractivity contribution is 6.10. The molecule has 28 heavy (non-hydrogen) atoms. The van der Waals surface area contributed by atoms with E-state index in [9.17, 15) is 0 Å². The van der Waals surface area contributed by atoms with Gasteiger partial charge in [0.1, 0.15) is 6.33 Å². The Bertz CT molecular complexity index is 1170. The second-order valence-electron chi connectivity index (χ2n) is 8.58. The number of fused-ring (bicyclic) bond motifs is 3. The van der Waals surface area contributed by atoms with Crippen molar-refractivity contribution >= 4 is 21.7 Å². The molecular formula is C26H28N2. The third-order valence-corrected chi connectivity index (χ3v) is 5.56. The smallest absolute Gasteiger partial charge is 0.116 e. The molecule has 0 N–H and O–H groups in total. The Morgan fingerprint density at radius 2 is 1.46 bits per heavy atom. The Morgan fingerprint density at radius 3 is 2.11 bits per heavy atom. The first-order chi connectivity index (χ1) is 13.3. The molecule has 2 nitrogen and oxygen atoms in total. The molecule has 0 unspecified atom stereocenters. The van der Waals surface area contributed by atoms with E-state index in [1.807, 2.05) is 0 Å². The lowest BCUT2D eigenvalue weighted by Crippen LogP contribution is -1.98. The average molecular weight is 369 g/mol. The largest absolute Gasteiger partial charge is 0.236 e. The first-order valence-corrected chi connectivity index (χ1v) is 10.1. The van der Waals surface area contributed by atoms with Crippen LogP contribution in [0, 0.1) is 13.8 Å². The molecule has 1 heterocycles. The highest BCUT2D eigenvalue weighted by atomic mass is 14.8. The summed E-state index contributed by atoms with van der Waals surface area (Å²) in [6.07, 6.45) is 1.72. The molecule has 4 aromatic rings. The zero-order valence-corrected chi connectivity index (χ0v) is 17.7. The molecule has 0 radical (unpaired) electrons. The third-order valence-electron chi connectivity index (χ3n) is 5.56. The second-order valence-corrected chi connectivity index (χ2v) is 8.58. The summed E-state index contributed by atoms with van der Waals surface area (Å²) in [4.78, 5) is 9.42. The molecule has 0 aliphatic heterocycles. The first kappa shape index (κ1) is 18.6. The minimum Gasteiger partial charge on any atom is -0.236 e. The van der Waals surface area contributed by atoms with Gasteiger partial charge in [0.2, 0.25) is 0 Å². The van der Waals surface area contributed by atoms with E-state index in [2.05, 4.69) is 89.0 Å². The molecule has 0 amide bonds. The summed E-state index contributed by atoms with van der Waals surface area (Å²) in [6, 6.07) is 15.8. The van der Waals surface area contributed by atoms with Crippen LogP contribution in [0.3, 0.4) is 0 Å². The predicted octanol–water partition coefficient (Wildman–Crippen LogP) is 7.31. The van der Waals surface area contributed by atoms with Crippen molar-refractivity contribution in [2.75, 3.05) is 0 Å². The van der Waals surface area contributed by atoms with Gasteiger partial charge in [-0.2, -0.15) is 0 Å². The van der Waals surface area contributed by atoms with Crippen molar-refractivity contribution in [1.82, 2.24) is 9.97 Å². The minimum atomic E-state index is 0.437. The van der Waals surface area contributed by atoms with Crippen molar-refractivity contribution < 1.29 is 0 Å². The van der Waals surface area contributed by atoms with Gasteiger partial charge in [-0.15, -0.1) is 0 Å². The number of rotatable bonds is 3. The monoisotopic (exact) mass is 368 g/mol. The molecule has 3 aromatic carbocycles. The van der Waals surface area contributed by atoms with Gasteiger partial charge in [-0.05, 0) is 60.4 Å². The number of hydrogen-bond donors (Lipinski definition) is 0. The van der Waals surface area contributed by atoms with Gasteiger partial charge in [-0.1, -0.05) is 63.1 Å². The molecule has 1 aromatic heterocycles. The van der Waals surface area contributed by atoms with Gasteiger partial charge in [0.25, 0.3) is 0 Å². The summed E-state index contributed by atoms with van der Waals surface area (Å²) in [6.45, 7) is 13.3. The van der Waals surface area contributed by atoms with E-state index in [1.165, 1.54) is 33.0 Å². The number of aryl methyl sites for hydroxylation is 2. The normalized spacial score (nSPS) is 11.9. The van der Waals surface area contributed by atoms with Crippen LogP contribution in [0.1, 0.15) is 61.8 Å². The molecular weight excluding hydrogens is 340 g/mol. The third kappa shape index (κ3) is 3.17. The Kier molecular flexibility index (Phi) is 4.66. The average Bonchev–Trinajstić information content (AvgIpc) is 2.65. The molecule has 2 heteroatoms. The van der Waals surface area contributed by atoms with Gasteiger partial charge in [0.05, 0.1) is 11.2 Å². The van der Waals surface area contributed by atoms with Gasteiger partial charge in [-0.3, -0.25) is 0 Å². The fourth-order valence-corrected chi connectivity index (χ4v) is 4.17. The molecule has 0 saturated carbocycles. The Labute approximate surface area is 167 Å². The fraction of sp³-hybridized carbons (Fsp3) is 0.308. The maximum atomic E-state index is 4.75. The molecule has 142 valence electrons. The van der Waals surface area contributed by atoms with Crippen LogP contribution in [0.25, 0.3) is 32.9 Å². The van der Waals surface area contributed by atoms with Gasteiger partial charge in [0, 0.05) is 16.3 Å². The molecule has 0 atom stereocenters. The molecule has 0 spiro atoms. The summed E-state index contributed by atoms with van der Waals surface area (Å²) in [5.41, 5.74) is 8.51. The topological polar surface area (TPSA) is 25.8 Å². The van der Waals surface area contributed by atoms with E-state index in [1.54, 1.807) is 6.33 Å². The zero-order valence-electron chi connectivity index (χ0n) is 17.7. The van der Waals surface area contributed by atoms with Crippen molar-refractivity contribution in [1.29, 1.82) is 0 Å². The van der Waals surface area contributed by atoms with Crippen molar-refractivity contribution in [3.8, 4) is 11.3 Å². The van der Waals surface area contributed by atoms with Crippen molar-refractivity contribution in [3.63, 3.8) is 0 Å². The zero-order chi connectivity index (χ0) is 20.0. The Hall–Kier alpha value is -2.74. The molecule has 0 saturated heterocycles. The van der Waals surface area contributed by atoms with Crippen LogP contribution in [0.15, 0.2) is 48.8 Å². The number of nitrogens with zero attached hydrogens (tertiary/aromatic N) is 2. The standard InChI is InChI=1S/C26H28N2/c1-15(2)20-12-19-7-8-22-25(21-10-17(5)9-18(6)11-21)27-14-28-26(22)24(19)23(13-20)16(3)4/h7-16H,1-6H3. The van der Waals surface area contributed by atoms with Crippen molar-refractivity contribution in [3.05, 3.63) is 71.0 Å². The van der Waals surface area contributed by atoms with Gasteiger partial charge < -0.3 is 0 Å². The summed E-state index contributed by atoms with van der Waals surface area (Å²) in [5, 5.41) is 3.66. The number of benzene rings is 3. The van der Waals surface area contributed by atoms with Crippen LogP contribution >= 0.6 is 0 Å². The number of aromatic nitrogens is 2. The lowest BCUT2D eigenvalue weighted by Gasteiger charge is -2.17. The first-order valence-electron chi connectivity index (χ1n) is 10.1. The summed E-state index contributed by atoms with van der Waals surface area (Å²) in [5.74, 6) is 0.945. The lowest BCUT2D eigenvalue weighted by molar-refractivity contribution is 0.842. The maximum Gasteiger partial charge on any atom is 0.116 e. The van der Waals surface area contributed by atoms with E-state index in [-0.39, 0.29) is 0 Å². The van der Waals surface area contributed by atoms with Crippen LogP contribution < -0.4 is 0 Å². The molecule has 0 aliphatic carbocycles. The summed E-state index contributed by atoms with van der Waals surface area (Å²) in [7, 11) is 0. The van der Waals surface area contributed by atoms with Gasteiger partial charge in [-0.25, -0.2) is 9.97 Å². The molecule has 0 aliphatic rings. The SMILES string of the molecule is Cc1cc(C)cc(-c2ncnc3c2ccc2cc(C(C)C)cc(C(C)C)c23)c1. The summed E-state index contributed by atoms with van der Waals surface area (Å²) < 4.78 is 0. The predicted molar refractivity (Wildman–Crippen MR) is 120 cm³/mol. The minimum absolute atomic E-state index is 0.437. The van der Waals surface area contributed by atoms with E-state index in [4.69, 9.17) is 4.98 Å². The van der Waals surface area contributed by atoms with Crippen LogP contribution in [-0.4, -0.2) is 9.97 Å². The summed E-state index contributed by atoms with van der Waals surface area (Å²) >= 11 is 0. The van der Waals surface area contributed by atoms with Crippen LogP contribution in [0.2, 0.25) is 0 Å². The van der Waals surface area contributed by atoms with Crippen molar-refractivity contribution in [2.45, 2.75) is 53.4 Å². The Balaban J connectivity index is 2.09. The molecule has 0 fully saturated rings. The van der Waals surface area contributed by atoms with Crippen LogP contribution in [0.4, 0.5) is 0 Å².